The standard InChI is InChI=1S/C21H32N4O5S2/c1-10-16-15(11(2)26)19(28)25(16)17(20(29)30)18(10)32-14-7-12(22-9-14)8-23-21(31)24-5-3-13(27)4-6-24/h10-16,22,26-27H,3-9H2,1-2H3,(H,23,31)(H,29,30)/t10-,11-,12+,14+,15?,16-/m1/s1. The minimum atomic E-state index is -1.08. The molecule has 0 aromatic heterocycles. The highest BCUT2D eigenvalue weighted by Crippen LogP contribution is 2.51. The highest BCUT2D eigenvalue weighted by Gasteiger charge is 2.60. The Morgan fingerprint density at radius 1 is 1.38 bits per heavy atom. The molecule has 1 unspecified atom stereocenters. The maximum atomic E-state index is 12.5. The molecule has 0 aromatic carbocycles. The van der Waals surface area contributed by atoms with Gasteiger partial charge < -0.3 is 35.8 Å². The summed E-state index contributed by atoms with van der Waals surface area (Å²) in [6.07, 6.45) is 1.31. The molecule has 0 bridgehead atoms. The van der Waals surface area contributed by atoms with Gasteiger partial charge in [-0.3, -0.25) is 4.79 Å². The molecule has 32 heavy (non-hydrogen) atoms. The van der Waals surface area contributed by atoms with E-state index in [0.29, 0.717) is 11.7 Å². The second-order valence-corrected chi connectivity index (χ2v) is 11.0. The molecule has 4 rings (SSSR count). The van der Waals surface area contributed by atoms with Crippen LogP contribution < -0.4 is 10.6 Å². The summed E-state index contributed by atoms with van der Waals surface area (Å²) in [5.74, 6) is -2.02. The number of rotatable bonds is 6. The van der Waals surface area contributed by atoms with E-state index in [2.05, 4.69) is 15.5 Å². The number of hydrogen-bond donors (Lipinski definition) is 5. The van der Waals surface area contributed by atoms with E-state index in [0.717, 1.165) is 43.8 Å². The van der Waals surface area contributed by atoms with Crippen molar-refractivity contribution in [1.29, 1.82) is 0 Å². The van der Waals surface area contributed by atoms with Gasteiger partial charge in [-0.15, -0.1) is 11.8 Å². The lowest BCUT2D eigenvalue weighted by molar-refractivity contribution is -0.163. The van der Waals surface area contributed by atoms with Gasteiger partial charge in [0, 0.05) is 48.3 Å². The van der Waals surface area contributed by atoms with Crippen LogP contribution in [0.5, 0.6) is 0 Å². The van der Waals surface area contributed by atoms with Crippen molar-refractivity contribution in [2.75, 3.05) is 26.2 Å². The first-order chi connectivity index (χ1) is 15.2. The molecule has 9 nitrogen and oxygen atoms in total. The number of amides is 1. The highest BCUT2D eigenvalue weighted by molar-refractivity contribution is 8.03. The first kappa shape index (κ1) is 23.7. The van der Waals surface area contributed by atoms with Crippen molar-refractivity contribution in [2.24, 2.45) is 11.8 Å². The highest BCUT2D eigenvalue weighted by atomic mass is 32.2. The number of aliphatic hydroxyl groups excluding tert-OH is 2. The topological polar surface area (TPSA) is 125 Å². The predicted molar refractivity (Wildman–Crippen MR) is 125 cm³/mol. The molecule has 4 heterocycles. The van der Waals surface area contributed by atoms with Crippen LogP contribution in [0.2, 0.25) is 0 Å². The summed E-state index contributed by atoms with van der Waals surface area (Å²) in [7, 11) is 0. The second kappa shape index (κ2) is 9.46. The summed E-state index contributed by atoms with van der Waals surface area (Å²) < 4.78 is 0. The minimum Gasteiger partial charge on any atom is -0.477 e. The molecule has 0 aliphatic carbocycles. The molecule has 11 heteroatoms. The molecule has 6 atom stereocenters. The molecule has 3 fully saturated rings. The van der Waals surface area contributed by atoms with Crippen molar-refractivity contribution in [2.45, 2.75) is 62.7 Å². The first-order valence-electron chi connectivity index (χ1n) is 11.3. The molecular weight excluding hydrogens is 452 g/mol. The van der Waals surface area contributed by atoms with Crippen LogP contribution in [0.25, 0.3) is 0 Å². The van der Waals surface area contributed by atoms with Crippen molar-refractivity contribution in [3.05, 3.63) is 10.6 Å². The Bertz CT molecular complexity index is 814. The van der Waals surface area contributed by atoms with Crippen molar-refractivity contribution in [3.8, 4) is 0 Å². The van der Waals surface area contributed by atoms with Gasteiger partial charge in [-0.05, 0) is 38.4 Å². The Morgan fingerprint density at radius 3 is 2.69 bits per heavy atom. The monoisotopic (exact) mass is 484 g/mol. The number of carbonyl (C=O) groups excluding carboxylic acids is 1. The summed E-state index contributed by atoms with van der Waals surface area (Å²) in [6, 6.07) is -0.0568. The fraction of sp³-hybridized carbons (Fsp3) is 0.762. The molecule has 1 amide bonds. The number of likely N-dealkylation sites (tertiary alicyclic amines) is 1. The average Bonchev–Trinajstić information content (AvgIpc) is 3.28. The molecule has 0 radical (unpaired) electrons. The Hall–Kier alpha value is -1.40. The first-order valence-corrected chi connectivity index (χ1v) is 12.6. The van der Waals surface area contributed by atoms with Crippen LogP contribution in [-0.2, 0) is 9.59 Å². The van der Waals surface area contributed by atoms with Gasteiger partial charge in [-0.25, -0.2) is 4.79 Å². The van der Waals surface area contributed by atoms with Crippen molar-refractivity contribution in [1.82, 2.24) is 20.4 Å². The van der Waals surface area contributed by atoms with Crippen molar-refractivity contribution >= 4 is 41.0 Å². The lowest BCUT2D eigenvalue weighted by Gasteiger charge is -2.46. The summed E-state index contributed by atoms with van der Waals surface area (Å²) in [5, 5.41) is 37.1. The number of carboxylic acids is 1. The normalized spacial score (nSPS) is 33.9. The van der Waals surface area contributed by atoms with E-state index in [1.807, 2.05) is 6.92 Å². The van der Waals surface area contributed by atoms with Gasteiger partial charge in [-0.1, -0.05) is 6.92 Å². The van der Waals surface area contributed by atoms with Crippen LogP contribution in [0.15, 0.2) is 10.6 Å². The van der Waals surface area contributed by atoms with E-state index in [9.17, 15) is 24.9 Å². The number of carboxylic acid groups (broad SMARTS) is 1. The zero-order valence-corrected chi connectivity index (χ0v) is 20.0. The Kier molecular flexibility index (Phi) is 7.02. The fourth-order valence-electron chi connectivity index (χ4n) is 5.28. The maximum absolute atomic E-state index is 12.5. The number of piperidine rings is 1. The number of thioether (sulfide) groups is 1. The third kappa shape index (κ3) is 4.37. The van der Waals surface area contributed by atoms with Crippen LogP contribution in [0.1, 0.15) is 33.1 Å². The van der Waals surface area contributed by atoms with Crippen LogP contribution in [0.4, 0.5) is 0 Å². The number of hydrogen-bond acceptors (Lipinski definition) is 7. The van der Waals surface area contributed by atoms with Gasteiger partial charge in [0.15, 0.2) is 5.11 Å². The van der Waals surface area contributed by atoms with E-state index >= 15 is 0 Å². The van der Waals surface area contributed by atoms with E-state index < -0.39 is 18.0 Å². The van der Waals surface area contributed by atoms with Gasteiger partial charge in [0.05, 0.1) is 24.2 Å². The molecule has 3 saturated heterocycles. The molecule has 0 saturated carbocycles. The van der Waals surface area contributed by atoms with E-state index in [4.69, 9.17) is 12.2 Å². The molecule has 178 valence electrons. The Morgan fingerprint density at radius 2 is 2.06 bits per heavy atom. The quantitative estimate of drug-likeness (QED) is 0.258. The predicted octanol–water partition coefficient (Wildman–Crippen LogP) is -0.0650. The SMILES string of the molecule is C[C@@H](O)C1C(=O)N2C(C(=O)O)=C(S[C@@H]3CN[C@H](CNC(=S)N4CCC(O)CC4)C3)[C@H](C)[C@H]12. The third-order valence-electron chi connectivity index (χ3n) is 7.04. The second-order valence-electron chi connectivity index (χ2n) is 9.26. The van der Waals surface area contributed by atoms with Gasteiger partial charge in [0.25, 0.3) is 0 Å². The third-order valence-corrected chi connectivity index (χ3v) is 8.95. The zero-order chi connectivity index (χ0) is 23.2. The summed E-state index contributed by atoms with van der Waals surface area (Å²) in [6.45, 7) is 6.50. The van der Waals surface area contributed by atoms with Crippen LogP contribution >= 0.6 is 24.0 Å². The van der Waals surface area contributed by atoms with Crippen LogP contribution in [0, 0.1) is 11.8 Å². The van der Waals surface area contributed by atoms with E-state index in [-0.39, 0.29) is 41.0 Å². The number of aliphatic carboxylic acids is 1. The number of carbonyl (C=O) groups is 2. The number of aliphatic hydroxyl groups is 2. The molecule has 0 aromatic rings. The molecule has 4 aliphatic rings. The van der Waals surface area contributed by atoms with Crippen LogP contribution in [-0.4, -0.2) is 97.8 Å². The largest absolute Gasteiger partial charge is 0.477 e. The minimum absolute atomic E-state index is 0.0874. The summed E-state index contributed by atoms with van der Waals surface area (Å²) in [5.41, 5.74) is 0.0874. The molecule has 0 spiro atoms. The van der Waals surface area contributed by atoms with E-state index in [1.165, 1.54) is 4.90 Å². The maximum Gasteiger partial charge on any atom is 0.353 e. The van der Waals surface area contributed by atoms with Crippen molar-refractivity contribution in [3.63, 3.8) is 0 Å². The fourth-order valence-corrected chi connectivity index (χ4v) is 7.06. The van der Waals surface area contributed by atoms with Gasteiger partial charge in [-0.2, -0.15) is 0 Å². The number of fused-ring (bicyclic) bond motifs is 1. The number of nitrogens with one attached hydrogen (secondary N) is 2. The summed E-state index contributed by atoms with van der Waals surface area (Å²) >= 11 is 7.05. The van der Waals surface area contributed by atoms with Gasteiger partial charge >= 0.3 is 5.97 Å². The molecule has 4 aliphatic heterocycles. The Labute approximate surface area is 197 Å². The summed E-state index contributed by atoms with van der Waals surface area (Å²) in [4.78, 5) is 28.7. The van der Waals surface area contributed by atoms with Crippen molar-refractivity contribution < 1.29 is 24.9 Å². The van der Waals surface area contributed by atoms with Crippen LogP contribution in [0.3, 0.4) is 0 Å². The number of nitrogens with zero attached hydrogens (tertiary/aromatic N) is 2. The Balaban J connectivity index is 1.32. The molecular formula is C21H32N4O5S2. The van der Waals surface area contributed by atoms with Gasteiger partial charge in [0.2, 0.25) is 5.91 Å². The van der Waals surface area contributed by atoms with Gasteiger partial charge in [0.1, 0.15) is 5.70 Å². The average molecular weight is 485 g/mol. The number of thiocarbonyl (C=S) groups is 1. The molecule has 5 N–H and O–H groups in total. The zero-order valence-electron chi connectivity index (χ0n) is 18.4. The van der Waals surface area contributed by atoms with E-state index in [1.54, 1.807) is 18.7 Å². The lowest BCUT2D eigenvalue weighted by Crippen LogP contribution is -2.63. The lowest BCUT2D eigenvalue weighted by atomic mass is 9.79. The number of β-lactam (4-membered cyclic amide) rings is 1. The smallest absolute Gasteiger partial charge is 0.353 e.